The van der Waals surface area contributed by atoms with Crippen molar-refractivity contribution in [1.29, 1.82) is 0 Å². The van der Waals surface area contributed by atoms with Crippen LogP contribution in [-0.2, 0) is 6.42 Å². The molecule has 0 bridgehead atoms. The van der Waals surface area contributed by atoms with E-state index in [4.69, 9.17) is 9.84 Å². The number of aromatic carboxylic acids is 1. The lowest BCUT2D eigenvalue weighted by molar-refractivity contribution is 0.0696. The van der Waals surface area contributed by atoms with Gasteiger partial charge in [-0.15, -0.1) is 0 Å². The Morgan fingerprint density at radius 2 is 2.14 bits per heavy atom. The van der Waals surface area contributed by atoms with Crippen molar-refractivity contribution in [1.82, 2.24) is 9.78 Å². The van der Waals surface area contributed by atoms with Gasteiger partial charge in [-0.2, -0.15) is 5.10 Å². The van der Waals surface area contributed by atoms with E-state index in [-0.39, 0.29) is 17.2 Å². The molecule has 0 unspecified atom stereocenters. The molecule has 0 fully saturated rings. The van der Waals surface area contributed by atoms with Gasteiger partial charge in [0.15, 0.2) is 0 Å². The van der Waals surface area contributed by atoms with Gasteiger partial charge in [0.05, 0.1) is 30.1 Å². The zero-order chi connectivity index (χ0) is 20.7. The van der Waals surface area contributed by atoms with Crippen molar-refractivity contribution in [3.05, 3.63) is 50.3 Å². The molecule has 0 atom stereocenters. The SMILES string of the molecule is CCCc1cc(C(=O)O)ccc1OCCCNc1cnn(C(C)C)c(=O)c1Br. The maximum atomic E-state index is 12.2. The van der Waals surface area contributed by atoms with Crippen molar-refractivity contribution in [2.75, 3.05) is 18.5 Å². The smallest absolute Gasteiger partial charge is 0.335 e. The molecular formula is C20H26BrN3O4. The number of nitrogens with one attached hydrogen (secondary N) is 1. The first-order valence-electron chi connectivity index (χ1n) is 9.35. The number of anilines is 1. The Hall–Kier alpha value is -2.35. The third-order valence-electron chi connectivity index (χ3n) is 4.15. The van der Waals surface area contributed by atoms with E-state index in [0.717, 1.165) is 18.4 Å². The van der Waals surface area contributed by atoms with Gasteiger partial charge in [-0.05, 0) is 66.4 Å². The highest BCUT2D eigenvalue weighted by molar-refractivity contribution is 9.10. The lowest BCUT2D eigenvalue weighted by atomic mass is 10.1. The van der Waals surface area contributed by atoms with E-state index >= 15 is 0 Å². The van der Waals surface area contributed by atoms with Crippen LogP contribution in [0.25, 0.3) is 0 Å². The fraction of sp³-hybridized carbons (Fsp3) is 0.450. The Kier molecular flexibility index (Phi) is 8.04. The number of carbonyl (C=O) groups is 1. The lowest BCUT2D eigenvalue weighted by Crippen LogP contribution is -2.26. The summed E-state index contributed by atoms with van der Waals surface area (Å²) in [5.74, 6) is -0.221. The molecule has 0 radical (unpaired) electrons. The first-order chi connectivity index (χ1) is 13.3. The predicted octanol–water partition coefficient (Wildman–Crippen LogP) is 4.12. The molecular weight excluding hydrogens is 426 g/mol. The van der Waals surface area contributed by atoms with Gasteiger partial charge < -0.3 is 15.2 Å². The molecule has 0 aliphatic carbocycles. The summed E-state index contributed by atoms with van der Waals surface area (Å²) in [5, 5.41) is 16.5. The number of aryl methyl sites for hydroxylation is 1. The lowest BCUT2D eigenvalue weighted by Gasteiger charge is -2.14. The second kappa shape index (κ2) is 10.3. The van der Waals surface area contributed by atoms with Crippen LogP contribution in [0.2, 0.25) is 0 Å². The van der Waals surface area contributed by atoms with Crippen LogP contribution in [-0.4, -0.2) is 34.0 Å². The highest BCUT2D eigenvalue weighted by Gasteiger charge is 2.11. The van der Waals surface area contributed by atoms with E-state index in [0.29, 0.717) is 35.5 Å². The summed E-state index contributed by atoms with van der Waals surface area (Å²) in [5.41, 5.74) is 1.66. The second-order valence-corrected chi connectivity index (χ2v) is 7.52. The topological polar surface area (TPSA) is 93.4 Å². The highest BCUT2D eigenvalue weighted by Crippen LogP contribution is 2.22. The summed E-state index contributed by atoms with van der Waals surface area (Å²) in [6.07, 6.45) is 4.02. The minimum absolute atomic E-state index is 0.00363. The second-order valence-electron chi connectivity index (χ2n) is 6.72. The van der Waals surface area contributed by atoms with E-state index in [2.05, 4.69) is 26.3 Å². The molecule has 2 rings (SSSR count). The van der Waals surface area contributed by atoms with Crippen LogP contribution in [0, 0.1) is 0 Å². The molecule has 1 heterocycles. The number of aromatic nitrogens is 2. The molecule has 152 valence electrons. The van der Waals surface area contributed by atoms with Crippen LogP contribution in [0.15, 0.2) is 33.7 Å². The number of benzene rings is 1. The fourth-order valence-corrected chi connectivity index (χ4v) is 3.16. The van der Waals surface area contributed by atoms with Gasteiger partial charge in [0, 0.05) is 6.54 Å². The highest BCUT2D eigenvalue weighted by atomic mass is 79.9. The van der Waals surface area contributed by atoms with Gasteiger partial charge in [0.1, 0.15) is 10.2 Å². The Morgan fingerprint density at radius 1 is 1.39 bits per heavy atom. The molecule has 1 aromatic heterocycles. The monoisotopic (exact) mass is 451 g/mol. The molecule has 28 heavy (non-hydrogen) atoms. The average molecular weight is 452 g/mol. The van der Waals surface area contributed by atoms with Crippen molar-refractivity contribution >= 4 is 27.6 Å². The maximum Gasteiger partial charge on any atom is 0.335 e. The molecule has 2 aromatic rings. The molecule has 7 nitrogen and oxygen atoms in total. The molecule has 1 aromatic carbocycles. The van der Waals surface area contributed by atoms with Gasteiger partial charge in [-0.3, -0.25) is 4.79 Å². The summed E-state index contributed by atoms with van der Waals surface area (Å²) in [6.45, 7) is 6.94. The Bertz CT molecular complexity index is 880. The molecule has 0 aliphatic heterocycles. The largest absolute Gasteiger partial charge is 0.493 e. The van der Waals surface area contributed by atoms with Gasteiger partial charge in [-0.1, -0.05) is 13.3 Å². The van der Waals surface area contributed by atoms with Crippen LogP contribution in [0.1, 0.15) is 55.6 Å². The van der Waals surface area contributed by atoms with Crippen LogP contribution in [0.3, 0.4) is 0 Å². The fourth-order valence-electron chi connectivity index (χ4n) is 2.73. The van der Waals surface area contributed by atoms with Crippen molar-refractivity contribution < 1.29 is 14.6 Å². The Morgan fingerprint density at radius 3 is 2.79 bits per heavy atom. The average Bonchev–Trinajstić information content (AvgIpc) is 2.65. The van der Waals surface area contributed by atoms with E-state index in [1.54, 1.807) is 24.4 Å². The number of hydrogen-bond donors (Lipinski definition) is 2. The Balaban J connectivity index is 1.91. The van der Waals surface area contributed by atoms with Crippen molar-refractivity contribution in [3.63, 3.8) is 0 Å². The number of carboxylic acid groups (broad SMARTS) is 1. The molecule has 0 amide bonds. The number of ether oxygens (including phenoxy) is 1. The summed E-state index contributed by atoms with van der Waals surface area (Å²) >= 11 is 3.34. The maximum absolute atomic E-state index is 12.2. The standard InChI is InChI=1S/C20H26BrN3O4/c1-4-6-14-11-15(20(26)27)7-8-17(14)28-10-5-9-22-16-12-23-24(13(2)3)19(25)18(16)21/h7-8,11-13,22H,4-6,9-10H2,1-3H3,(H,26,27). The third kappa shape index (κ3) is 5.58. The molecule has 8 heteroatoms. The van der Waals surface area contributed by atoms with Gasteiger partial charge >= 0.3 is 5.97 Å². The molecule has 0 saturated carbocycles. The number of hydrogen-bond acceptors (Lipinski definition) is 5. The normalized spacial score (nSPS) is 10.9. The van der Waals surface area contributed by atoms with Gasteiger partial charge in [0.25, 0.3) is 5.56 Å². The summed E-state index contributed by atoms with van der Waals surface area (Å²) in [7, 11) is 0. The minimum Gasteiger partial charge on any atom is -0.493 e. The first-order valence-corrected chi connectivity index (χ1v) is 10.1. The van der Waals surface area contributed by atoms with Crippen molar-refractivity contribution in [3.8, 4) is 5.75 Å². The van der Waals surface area contributed by atoms with Crippen LogP contribution < -0.4 is 15.6 Å². The van der Waals surface area contributed by atoms with E-state index in [9.17, 15) is 9.59 Å². The number of carboxylic acids is 1. The number of rotatable bonds is 10. The minimum atomic E-state index is -0.938. The predicted molar refractivity (Wildman–Crippen MR) is 113 cm³/mol. The Labute approximate surface area is 172 Å². The molecule has 0 spiro atoms. The molecule has 2 N–H and O–H groups in total. The van der Waals surface area contributed by atoms with E-state index < -0.39 is 5.97 Å². The van der Waals surface area contributed by atoms with Gasteiger partial charge in [0.2, 0.25) is 0 Å². The summed E-state index contributed by atoms with van der Waals surface area (Å²) in [4.78, 5) is 23.4. The number of nitrogens with zero attached hydrogens (tertiary/aromatic N) is 2. The van der Waals surface area contributed by atoms with E-state index in [1.165, 1.54) is 4.68 Å². The molecule has 0 aliphatic rings. The van der Waals surface area contributed by atoms with E-state index in [1.807, 2.05) is 20.8 Å². The van der Waals surface area contributed by atoms with Crippen molar-refractivity contribution in [2.24, 2.45) is 0 Å². The number of halogens is 1. The van der Waals surface area contributed by atoms with Crippen molar-refractivity contribution in [2.45, 2.75) is 46.1 Å². The quantitative estimate of drug-likeness (QED) is 0.527. The first kappa shape index (κ1) is 21.9. The van der Waals surface area contributed by atoms with Crippen LogP contribution in [0.5, 0.6) is 5.75 Å². The summed E-state index contributed by atoms with van der Waals surface area (Å²) < 4.78 is 7.73. The third-order valence-corrected chi connectivity index (χ3v) is 4.92. The van der Waals surface area contributed by atoms with Crippen LogP contribution >= 0.6 is 15.9 Å². The van der Waals surface area contributed by atoms with Gasteiger partial charge in [-0.25, -0.2) is 9.48 Å². The zero-order valence-electron chi connectivity index (χ0n) is 16.4. The molecule has 0 saturated heterocycles. The zero-order valence-corrected chi connectivity index (χ0v) is 18.0. The summed E-state index contributed by atoms with van der Waals surface area (Å²) in [6, 6.07) is 4.94. The van der Waals surface area contributed by atoms with Crippen LogP contribution in [0.4, 0.5) is 5.69 Å².